The Balaban J connectivity index is 1.63. The Labute approximate surface area is 152 Å². The van der Waals surface area contributed by atoms with Gasteiger partial charge in [-0.05, 0) is 36.4 Å². The topological polar surface area (TPSA) is 79.8 Å². The summed E-state index contributed by atoms with van der Waals surface area (Å²) in [7, 11) is 0. The largest absolute Gasteiger partial charge is 0.416 e. The summed E-state index contributed by atoms with van der Waals surface area (Å²) < 4.78 is 37.7. The number of amides is 2. The number of hydrogen-bond acceptors (Lipinski definition) is 4. The number of anilines is 1. The number of alkyl halides is 3. The van der Waals surface area contributed by atoms with E-state index < -0.39 is 17.8 Å². The van der Waals surface area contributed by atoms with E-state index >= 15 is 0 Å². The van der Waals surface area contributed by atoms with Crippen molar-refractivity contribution in [1.82, 2.24) is 20.3 Å². The number of pyridine rings is 1. The molecule has 2 N–H and O–H groups in total. The Bertz CT molecular complexity index is 914. The van der Waals surface area contributed by atoms with Gasteiger partial charge in [0.1, 0.15) is 0 Å². The third kappa shape index (κ3) is 4.78. The van der Waals surface area contributed by atoms with Gasteiger partial charge in [0.2, 0.25) is 0 Å². The summed E-state index contributed by atoms with van der Waals surface area (Å²) in [6, 6.07) is 7.19. The molecule has 2 aromatic heterocycles. The number of rotatable bonds is 4. The van der Waals surface area contributed by atoms with Gasteiger partial charge in [-0.25, -0.2) is 4.79 Å². The molecule has 0 aliphatic rings. The maximum absolute atomic E-state index is 12.6. The number of nitrogens with one attached hydrogen (secondary N) is 2. The predicted octanol–water partition coefficient (Wildman–Crippen LogP) is 3.88. The van der Waals surface area contributed by atoms with Crippen LogP contribution in [0.3, 0.4) is 0 Å². The third-order valence-electron chi connectivity index (χ3n) is 3.60. The number of aromatic nitrogens is 3. The number of urea groups is 1. The molecule has 0 atom stereocenters. The summed E-state index contributed by atoms with van der Waals surface area (Å²) in [5.74, 6) is 0. The van der Waals surface area contributed by atoms with Crippen LogP contribution in [0.2, 0.25) is 0 Å². The first-order chi connectivity index (χ1) is 12.9. The highest BCUT2D eigenvalue weighted by Gasteiger charge is 2.29. The van der Waals surface area contributed by atoms with Gasteiger partial charge in [-0.2, -0.15) is 13.2 Å². The standard InChI is InChI=1S/C18H14F3N5O/c19-18(20,21)13-3-5-14(6-4-13)26-17(27)25-11-15-16(24-9-8-23-15)12-2-1-7-22-10-12/h1-10H,11H2,(H2,25,26,27). The number of carbonyl (C=O) groups excluding carboxylic acids is 1. The summed E-state index contributed by atoms with van der Waals surface area (Å²) in [5.41, 5.74) is 1.33. The van der Waals surface area contributed by atoms with E-state index in [-0.39, 0.29) is 12.2 Å². The van der Waals surface area contributed by atoms with Crippen LogP contribution >= 0.6 is 0 Å². The maximum atomic E-state index is 12.6. The molecule has 3 aromatic rings. The smallest absolute Gasteiger partial charge is 0.332 e. The van der Waals surface area contributed by atoms with Crippen molar-refractivity contribution in [2.24, 2.45) is 0 Å². The molecule has 0 radical (unpaired) electrons. The number of hydrogen-bond donors (Lipinski definition) is 2. The molecule has 0 unspecified atom stereocenters. The molecule has 0 aliphatic heterocycles. The summed E-state index contributed by atoms with van der Waals surface area (Å²) in [5, 5.41) is 5.08. The van der Waals surface area contributed by atoms with Crippen molar-refractivity contribution in [3.63, 3.8) is 0 Å². The van der Waals surface area contributed by atoms with Gasteiger partial charge in [-0.1, -0.05) is 0 Å². The molecule has 0 saturated carbocycles. The lowest BCUT2D eigenvalue weighted by molar-refractivity contribution is -0.137. The van der Waals surface area contributed by atoms with E-state index in [0.717, 1.165) is 17.7 Å². The molecule has 9 heteroatoms. The molecule has 0 aliphatic carbocycles. The van der Waals surface area contributed by atoms with Crippen LogP contribution in [0.5, 0.6) is 0 Å². The highest BCUT2D eigenvalue weighted by atomic mass is 19.4. The van der Waals surface area contributed by atoms with Crippen molar-refractivity contribution < 1.29 is 18.0 Å². The second kappa shape index (κ2) is 7.81. The van der Waals surface area contributed by atoms with Crippen LogP contribution in [0, 0.1) is 0 Å². The van der Waals surface area contributed by atoms with E-state index in [9.17, 15) is 18.0 Å². The zero-order valence-electron chi connectivity index (χ0n) is 13.9. The van der Waals surface area contributed by atoms with Crippen LogP contribution in [0.15, 0.2) is 61.2 Å². The number of benzene rings is 1. The predicted molar refractivity (Wildman–Crippen MR) is 92.6 cm³/mol. The molecule has 138 valence electrons. The Morgan fingerprint density at radius 2 is 1.74 bits per heavy atom. The Morgan fingerprint density at radius 3 is 2.41 bits per heavy atom. The average Bonchev–Trinajstić information content (AvgIpc) is 2.67. The minimum absolute atomic E-state index is 0.0878. The van der Waals surface area contributed by atoms with Crippen molar-refractivity contribution in [2.75, 3.05) is 5.32 Å². The van der Waals surface area contributed by atoms with Crippen LogP contribution in [0.25, 0.3) is 11.3 Å². The van der Waals surface area contributed by atoms with E-state index in [1.165, 1.54) is 24.5 Å². The minimum atomic E-state index is -4.42. The van der Waals surface area contributed by atoms with Crippen LogP contribution in [-0.2, 0) is 12.7 Å². The number of carbonyl (C=O) groups is 1. The SMILES string of the molecule is O=C(NCc1nccnc1-c1cccnc1)Nc1ccc(C(F)(F)F)cc1. The fourth-order valence-electron chi connectivity index (χ4n) is 2.32. The molecule has 0 spiro atoms. The Hall–Kier alpha value is -3.49. The fourth-order valence-corrected chi connectivity index (χ4v) is 2.32. The maximum Gasteiger partial charge on any atom is 0.416 e. The van der Waals surface area contributed by atoms with Crippen molar-refractivity contribution in [1.29, 1.82) is 0 Å². The second-order valence-electron chi connectivity index (χ2n) is 5.48. The molecule has 0 fully saturated rings. The Morgan fingerprint density at radius 1 is 1.00 bits per heavy atom. The van der Waals surface area contributed by atoms with Gasteiger partial charge in [-0.15, -0.1) is 0 Å². The van der Waals surface area contributed by atoms with Crippen molar-refractivity contribution >= 4 is 11.7 Å². The van der Waals surface area contributed by atoms with Crippen molar-refractivity contribution in [2.45, 2.75) is 12.7 Å². The lowest BCUT2D eigenvalue weighted by Crippen LogP contribution is -2.28. The molecule has 1 aromatic carbocycles. The highest BCUT2D eigenvalue weighted by molar-refractivity contribution is 5.89. The average molecular weight is 373 g/mol. The molecule has 6 nitrogen and oxygen atoms in total. The van der Waals surface area contributed by atoms with E-state index in [4.69, 9.17) is 0 Å². The van der Waals surface area contributed by atoms with E-state index in [0.29, 0.717) is 11.4 Å². The second-order valence-corrected chi connectivity index (χ2v) is 5.48. The van der Waals surface area contributed by atoms with Gasteiger partial charge in [0.25, 0.3) is 0 Å². The van der Waals surface area contributed by atoms with E-state index in [1.54, 1.807) is 18.5 Å². The van der Waals surface area contributed by atoms with Crippen molar-refractivity contribution in [3.8, 4) is 11.3 Å². The van der Waals surface area contributed by atoms with Crippen LogP contribution in [0.1, 0.15) is 11.3 Å². The first-order valence-electron chi connectivity index (χ1n) is 7.86. The van der Waals surface area contributed by atoms with Crippen LogP contribution < -0.4 is 10.6 Å². The molecule has 2 heterocycles. The normalized spacial score (nSPS) is 11.1. The third-order valence-corrected chi connectivity index (χ3v) is 3.60. The summed E-state index contributed by atoms with van der Waals surface area (Å²) >= 11 is 0. The molecule has 0 saturated heterocycles. The van der Waals surface area contributed by atoms with Gasteiger partial charge >= 0.3 is 12.2 Å². The lowest BCUT2D eigenvalue weighted by atomic mass is 10.1. The van der Waals surface area contributed by atoms with Crippen LogP contribution in [0.4, 0.5) is 23.7 Å². The van der Waals surface area contributed by atoms with Crippen LogP contribution in [-0.4, -0.2) is 21.0 Å². The van der Waals surface area contributed by atoms with Gasteiger partial charge in [-0.3, -0.25) is 15.0 Å². The number of nitrogens with zero attached hydrogens (tertiary/aromatic N) is 3. The fraction of sp³-hybridized carbons (Fsp3) is 0.111. The molecule has 3 rings (SSSR count). The monoisotopic (exact) mass is 373 g/mol. The molecule has 27 heavy (non-hydrogen) atoms. The zero-order valence-corrected chi connectivity index (χ0v) is 13.9. The van der Waals surface area contributed by atoms with E-state index in [1.807, 2.05) is 6.07 Å². The molecule has 2 amide bonds. The summed E-state index contributed by atoms with van der Waals surface area (Å²) in [4.78, 5) is 24.5. The molecular weight excluding hydrogens is 359 g/mol. The highest BCUT2D eigenvalue weighted by Crippen LogP contribution is 2.29. The first kappa shape index (κ1) is 18.3. The zero-order chi connectivity index (χ0) is 19.3. The van der Waals surface area contributed by atoms with Gasteiger partial charge in [0.05, 0.1) is 23.5 Å². The first-order valence-corrected chi connectivity index (χ1v) is 7.86. The Kier molecular flexibility index (Phi) is 5.30. The minimum Gasteiger partial charge on any atom is -0.332 e. The summed E-state index contributed by atoms with van der Waals surface area (Å²) in [6.45, 7) is 0.0878. The molecular formula is C18H14F3N5O. The molecule has 0 bridgehead atoms. The number of halogens is 3. The lowest BCUT2D eigenvalue weighted by Gasteiger charge is -2.11. The van der Waals surface area contributed by atoms with Crippen molar-refractivity contribution in [3.05, 3.63) is 72.4 Å². The van der Waals surface area contributed by atoms with Gasteiger partial charge < -0.3 is 10.6 Å². The quantitative estimate of drug-likeness (QED) is 0.727. The summed E-state index contributed by atoms with van der Waals surface area (Å²) in [6.07, 6.45) is 1.89. The van der Waals surface area contributed by atoms with Gasteiger partial charge in [0, 0.05) is 36.0 Å². The van der Waals surface area contributed by atoms with E-state index in [2.05, 4.69) is 25.6 Å². The van der Waals surface area contributed by atoms with Gasteiger partial charge in [0.15, 0.2) is 0 Å².